The largest absolute Gasteiger partial charge is 0.493 e. The fourth-order valence-corrected chi connectivity index (χ4v) is 3.37. The van der Waals surface area contributed by atoms with E-state index in [9.17, 15) is 4.79 Å². The van der Waals surface area contributed by atoms with Crippen LogP contribution in [0, 0.1) is 6.92 Å². The van der Waals surface area contributed by atoms with E-state index in [1.807, 2.05) is 49.4 Å². The predicted octanol–water partition coefficient (Wildman–Crippen LogP) is 3.35. The van der Waals surface area contributed by atoms with E-state index in [1.165, 1.54) is 5.56 Å². The number of nitrogens with one attached hydrogen (secondary N) is 1. The molecule has 2 aromatic carbocycles. The smallest absolute Gasteiger partial charge is 0.317 e. The zero-order chi connectivity index (χ0) is 20.8. The van der Waals surface area contributed by atoms with E-state index < -0.39 is 0 Å². The Hall–Kier alpha value is -3.35. The van der Waals surface area contributed by atoms with Gasteiger partial charge in [-0.15, -0.1) is 0 Å². The number of ether oxygens (including phenoxy) is 1. The molecule has 0 aliphatic carbocycles. The van der Waals surface area contributed by atoms with E-state index in [4.69, 9.17) is 9.26 Å². The van der Waals surface area contributed by atoms with Crippen LogP contribution >= 0.6 is 0 Å². The monoisotopic (exact) mass is 406 g/mol. The van der Waals surface area contributed by atoms with Crippen LogP contribution in [0.25, 0.3) is 0 Å². The number of rotatable bonds is 8. The molecule has 7 heteroatoms. The lowest BCUT2D eigenvalue weighted by molar-refractivity contribution is 0.137. The Labute approximate surface area is 176 Å². The number of carbonyl (C=O) groups excluding carboxylic acids is 1. The molecule has 156 valence electrons. The highest BCUT2D eigenvalue weighted by molar-refractivity contribution is 5.75. The normalized spacial score (nSPS) is 13.7. The van der Waals surface area contributed by atoms with Gasteiger partial charge in [0, 0.05) is 26.1 Å². The summed E-state index contributed by atoms with van der Waals surface area (Å²) in [6.07, 6.45) is 1.40. The number of likely N-dealkylation sites (tertiary alicyclic amines) is 1. The highest BCUT2D eigenvalue weighted by atomic mass is 16.5. The van der Waals surface area contributed by atoms with E-state index >= 15 is 0 Å². The Balaban J connectivity index is 1.16. The topological polar surface area (TPSA) is 80.5 Å². The maximum Gasteiger partial charge on any atom is 0.317 e. The van der Waals surface area contributed by atoms with Crippen molar-refractivity contribution in [1.29, 1.82) is 0 Å². The number of carbonyl (C=O) groups is 1. The van der Waals surface area contributed by atoms with Crippen LogP contribution in [0.2, 0.25) is 0 Å². The molecule has 3 aromatic rings. The minimum atomic E-state index is -0.0477. The zero-order valence-corrected chi connectivity index (χ0v) is 17.1. The van der Waals surface area contributed by atoms with Crippen LogP contribution < -0.4 is 10.1 Å². The van der Waals surface area contributed by atoms with Crippen LogP contribution in [0.4, 0.5) is 4.79 Å². The first kappa shape index (κ1) is 19.9. The summed E-state index contributed by atoms with van der Waals surface area (Å²) in [4.78, 5) is 18.5. The molecule has 1 aliphatic rings. The first-order valence-corrected chi connectivity index (χ1v) is 10.3. The Morgan fingerprint density at radius 2 is 2.00 bits per heavy atom. The van der Waals surface area contributed by atoms with Crippen molar-refractivity contribution in [3.8, 4) is 5.75 Å². The summed E-state index contributed by atoms with van der Waals surface area (Å²) in [5, 5.41) is 7.00. The van der Waals surface area contributed by atoms with Crippen molar-refractivity contribution in [2.24, 2.45) is 0 Å². The lowest BCUT2D eigenvalue weighted by atomic mass is 10.0. The molecule has 0 saturated carbocycles. The van der Waals surface area contributed by atoms with Gasteiger partial charge >= 0.3 is 6.03 Å². The average Bonchev–Trinajstić information content (AvgIpc) is 3.16. The van der Waals surface area contributed by atoms with Gasteiger partial charge in [0.25, 0.3) is 0 Å². The number of aromatic nitrogens is 2. The minimum Gasteiger partial charge on any atom is -0.493 e. The molecule has 0 radical (unpaired) electrons. The van der Waals surface area contributed by atoms with Gasteiger partial charge in [-0.25, -0.2) is 4.79 Å². The summed E-state index contributed by atoms with van der Waals surface area (Å²) in [5.74, 6) is 2.16. The van der Waals surface area contributed by atoms with Gasteiger partial charge in [-0.3, -0.25) is 0 Å². The number of hydrogen-bond acceptors (Lipinski definition) is 5. The van der Waals surface area contributed by atoms with Crippen molar-refractivity contribution in [2.45, 2.75) is 25.7 Å². The maximum atomic E-state index is 12.2. The quantitative estimate of drug-likeness (QED) is 0.621. The molecule has 1 saturated heterocycles. The van der Waals surface area contributed by atoms with Crippen molar-refractivity contribution in [3.05, 3.63) is 77.4 Å². The van der Waals surface area contributed by atoms with Gasteiger partial charge in [-0.05, 0) is 36.6 Å². The standard InChI is InChI=1S/C23H26N4O3/c1-17-6-5-9-20(14-17)29-13-11-21-25-22(30-26-21)19-15-27(16-19)23(28)24-12-10-18-7-3-2-4-8-18/h2-9,14,19H,10-13,15-16H2,1H3,(H,24,28). The Kier molecular flexibility index (Phi) is 6.27. The van der Waals surface area contributed by atoms with Gasteiger partial charge in [-0.2, -0.15) is 4.98 Å². The van der Waals surface area contributed by atoms with Crippen LogP contribution in [0.5, 0.6) is 5.75 Å². The summed E-state index contributed by atoms with van der Waals surface area (Å²) in [7, 11) is 0. The molecule has 2 amide bonds. The summed E-state index contributed by atoms with van der Waals surface area (Å²) in [5.41, 5.74) is 2.37. The zero-order valence-electron chi connectivity index (χ0n) is 17.1. The highest BCUT2D eigenvalue weighted by Crippen LogP contribution is 2.25. The maximum absolute atomic E-state index is 12.2. The lowest BCUT2D eigenvalue weighted by Crippen LogP contribution is -2.52. The number of amides is 2. The molecule has 2 heterocycles. The summed E-state index contributed by atoms with van der Waals surface area (Å²) in [6.45, 7) is 4.33. The summed E-state index contributed by atoms with van der Waals surface area (Å²) >= 11 is 0. The SMILES string of the molecule is Cc1cccc(OCCc2noc(C3CN(C(=O)NCCc4ccccc4)C3)n2)c1. The molecule has 1 aliphatic heterocycles. The van der Waals surface area contributed by atoms with Gasteiger partial charge in [0.2, 0.25) is 5.89 Å². The summed E-state index contributed by atoms with van der Waals surface area (Å²) < 4.78 is 11.1. The first-order chi connectivity index (χ1) is 14.7. The van der Waals surface area contributed by atoms with Gasteiger partial charge in [-0.1, -0.05) is 47.6 Å². The second-order valence-corrected chi connectivity index (χ2v) is 7.53. The molecule has 0 spiro atoms. The molecule has 0 atom stereocenters. The number of aryl methyl sites for hydroxylation is 1. The Bertz CT molecular complexity index is 967. The van der Waals surface area contributed by atoms with E-state index in [0.29, 0.717) is 44.4 Å². The third-order valence-corrected chi connectivity index (χ3v) is 5.12. The Morgan fingerprint density at radius 1 is 1.17 bits per heavy atom. The molecule has 1 fully saturated rings. The molecular weight excluding hydrogens is 380 g/mol. The van der Waals surface area contributed by atoms with Crippen LogP contribution in [0.15, 0.2) is 59.1 Å². The van der Waals surface area contributed by atoms with Crippen LogP contribution in [-0.4, -0.2) is 47.3 Å². The lowest BCUT2D eigenvalue weighted by Gasteiger charge is -2.36. The van der Waals surface area contributed by atoms with Crippen molar-refractivity contribution >= 4 is 6.03 Å². The van der Waals surface area contributed by atoms with Crippen molar-refractivity contribution in [2.75, 3.05) is 26.2 Å². The molecule has 1 N–H and O–H groups in total. The fraction of sp³-hybridized carbons (Fsp3) is 0.348. The number of nitrogens with zero attached hydrogens (tertiary/aromatic N) is 3. The van der Waals surface area contributed by atoms with E-state index in [0.717, 1.165) is 17.7 Å². The second-order valence-electron chi connectivity index (χ2n) is 7.53. The molecule has 0 unspecified atom stereocenters. The van der Waals surface area contributed by atoms with Crippen molar-refractivity contribution < 1.29 is 14.1 Å². The van der Waals surface area contributed by atoms with E-state index in [-0.39, 0.29) is 11.9 Å². The van der Waals surface area contributed by atoms with Gasteiger partial charge in [0.1, 0.15) is 5.75 Å². The number of benzene rings is 2. The van der Waals surface area contributed by atoms with Crippen LogP contribution in [0.3, 0.4) is 0 Å². The molecule has 30 heavy (non-hydrogen) atoms. The van der Waals surface area contributed by atoms with E-state index in [2.05, 4.69) is 27.6 Å². The molecule has 4 rings (SSSR count). The van der Waals surface area contributed by atoms with Crippen LogP contribution in [-0.2, 0) is 12.8 Å². The minimum absolute atomic E-state index is 0.0477. The molecule has 1 aromatic heterocycles. The fourth-order valence-electron chi connectivity index (χ4n) is 3.37. The highest BCUT2D eigenvalue weighted by Gasteiger charge is 2.35. The average molecular weight is 406 g/mol. The van der Waals surface area contributed by atoms with Gasteiger partial charge in [0.15, 0.2) is 5.82 Å². The van der Waals surface area contributed by atoms with E-state index in [1.54, 1.807) is 4.90 Å². The molecule has 0 bridgehead atoms. The number of hydrogen-bond donors (Lipinski definition) is 1. The predicted molar refractivity (Wildman–Crippen MR) is 113 cm³/mol. The third kappa shape index (κ3) is 5.17. The van der Waals surface area contributed by atoms with Crippen LogP contribution in [0.1, 0.15) is 28.8 Å². The number of urea groups is 1. The first-order valence-electron chi connectivity index (χ1n) is 10.3. The molecule has 7 nitrogen and oxygen atoms in total. The third-order valence-electron chi connectivity index (χ3n) is 5.12. The molecular formula is C23H26N4O3. The van der Waals surface area contributed by atoms with Gasteiger partial charge < -0.3 is 19.5 Å². The Morgan fingerprint density at radius 3 is 2.80 bits per heavy atom. The van der Waals surface area contributed by atoms with Crippen molar-refractivity contribution in [3.63, 3.8) is 0 Å². The second kappa shape index (κ2) is 9.43. The van der Waals surface area contributed by atoms with Gasteiger partial charge in [0.05, 0.1) is 12.5 Å². The van der Waals surface area contributed by atoms with Crippen molar-refractivity contribution in [1.82, 2.24) is 20.4 Å². The summed E-state index contributed by atoms with van der Waals surface area (Å²) in [6, 6.07) is 18.0.